The van der Waals surface area contributed by atoms with Crippen molar-refractivity contribution in [2.45, 2.75) is 13.1 Å². The summed E-state index contributed by atoms with van der Waals surface area (Å²) in [6.45, 7) is 1.48. The molecule has 12 heavy (non-hydrogen) atoms. The van der Waals surface area contributed by atoms with E-state index in [9.17, 15) is 13.2 Å². The van der Waals surface area contributed by atoms with Gasteiger partial charge in [0.05, 0.1) is 5.56 Å². The van der Waals surface area contributed by atoms with E-state index < -0.39 is 11.7 Å². The Morgan fingerprint density at radius 3 is 2.42 bits per heavy atom. The van der Waals surface area contributed by atoms with Crippen LogP contribution in [0.1, 0.15) is 11.3 Å². The standard InChI is InChI=1S/C7H5BF3N/c1-4-2-5(7(9,10)11)6(8)3-12-4/h2-3H,1H3. The molecule has 0 fully saturated rings. The molecular weight excluding hydrogens is 166 g/mol. The Morgan fingerprint density at radius 2 is 2.00 bits per heavy atom. The predicted molar refractivity (Wildman–Crippen MR) is 39.4 cm³/mol. The first kappa shape index (κ1) is 9.10. The molecule has 0 bridgehead atoms. The molecule has 62 valence electrons. The molecule has 2 radical (unpaired) electrons. The molecule has 0 spiro atoms. The van der Waals surface area contributed by atoms with Crippen molar-refractivity contribution in [3.05, 3.63) is 23.5 Å². The molecule has 0 aliphatic heterocycles. The van der Waals surface area contributed by atoms with Gasteiger partial charge in [-0.05, 0) is 13.0 Å². The minimum Gasteiger partial charge on any atom is -0.262 e. The van der Waals surface area contributed by atoms with Gasteiger partial charge in [-0.1, -0.05) is 5.46 Å². The van der Waals surface area contributed by atoms with E-state index in [1.54, 1.807) is 0 Å². The van der Waals surface area contributed by atoms with Crippen molar-refractivity contribution in [1.29, 1.82) is 0 Å². The molecule has 1 aromatic heterocycles. The lowest BCUT2D eigenvalue weighted by Crippen LogP contribution is -2.20. The smallest absolute Gasteiger partial charge is 0.262 e. The summed E-state index contributed by atoms with van der Waals surface area (Å²) in [7, 11) is 5.09. The molecule has 0 saturated heterocycles. The highest BCUT2D eigenvalue weighted by Gasteiger charge is 2.31. The number of pyridine rings is 1. The highest BCUT2D eigenvalue weighted by Crippen LogP contribution is 2.27. The van der Waals surface area contributed by atoms with E-state index in [1.165, 1.54) is 6.92 Å². The monoisotopic (exact) mass is 171 g/mol. The largest absolute Gasteiger partial charge is 0.415 e. The van der Waals surface area contributed by atoms with E-state index in [2.05, 4.69) is 4.98 Å². The van der Waals surface area contributed by atoms with Gasteiger partial charge >= 0.3 is 6.18 Å². The van der Waals surface area contributed by atoms with Crippen molar-refractivity contribution in [2.24, 2.45) is 0 Å². The summed E-state index contributed by atoms with van der Waals surface area (Å²) in [4.78, 5) is 3.63. The van der Waals surface area contributed by atoms with E-state index in [-0.39, 0.29) is 5.46 Å². The lowest BCUT2D eigenvalue weighted by molar-refractivity contribution is -0.136. The number of aromatic nitrogens is 1. The number of halogens is 3. The normalized spacial score (nSPS) is 11.7. The van der Waals surface area contributed by atoms with Crippen LogP contribution in [0, 0.1) is 6.92 Å². The van der Waals surface area contributed by atoms with Crippen LogP contribution >= 0.6 is 0 Å². The summed E-state index contributed by atoms with van der Waals surface area (Å²) >= 11 is 0. The molecule has 0 aliphatic rings. The Hall–Kier alpha value is -0.995. The number of alkyl halides is 3. The summed E-state index contributed by atoms with van der Waals surface area (Å²) in [6, 6.07) is 0.926. The maximum absolute atomic E-state index is 12.1. The van der Waals surface area contributed by atoms with Crippen LogP contribution in [0.4, 0.5) is 13.2 Å². The van der Waals surface area contributed by atoms with Crippen LogP contribution in [-0.4, -0.2) is 12.8 Å². The molecule has 1 nitrogen and oxygen atoms in total. The quantitative estimate of drug-likeness (QED) is 0.534. The van der Waals surface area contributed by atoms with Crippen LogP contribution in [0.5, 0.6) is 0 Å². The number of aryl methyl sites for hydroxylation is 1. The van der Waals surface area contributed by atoms with Crippen molar-refractivity contribution in [1.82, 2.24) is 4.98 Å². The van der Waals surface area contributed by atoms with Crippen molar-refractivity contribution in [2.75, 3.05) is 0 Å². The first-order valence-electron chi connectivity index (χ1n) is 3.20. The zero-order valence-corrected chi connectivity index (χ0v) is 6.31. The van der Waals surface area contributed by atoms with Gasteiger partial charge in [-0.25, -0.2) is 0 Å². The van der Waals surface area contributed by atoms with Gasteiger partial charge in [0.2, 0.25) is 0 Å². The molecule has 0 aromatic carbocycles. The van der Waals surface area contributed by atoms with Gasteiger partial charge in [-0.3, -0.25) is 4.98 Å². The summed E-state index contributed by atoms with van der Waals surface area (Å²) in [5.41, 5.74) is -0.861. The minimum absolute atomic E-state index is 0.302. The number of hydrogen-bond donors (Lipinski definition) is 0. The average molecular weight is 171 g/mol. The topological polar surface area (TPSA) is 12.9 Å². The Balaban J connectivity index is 3.23. The number of rotatable bonds is 0. The summed E-state index contributed by atoms with van der Waals surface area (Å²) < 4.78 is 36.4. The second-order valence-corrected chi connectivity index (χ2v) is 2.41. The Morgan fingerprint density at radius 1 is 1.42 bits per heavy atom. The zero-order chi connectivity index (χ0) is 9.35. The van der Waals surface area contributed by atoms with Crippen molar-refractivity contribution in [3.8, 4) is 0 Å². The van der Waals surface area contributed by atoms with Crippen LogP contribution in [0.2, 0.25) is 0 Å². The third kappa shape index (κ3) is 1.78. The van der Waals surface area contributed by atoms with E-state index >= 15 is 0 Å². The molecule has 1 heterocycles. The molecule has 1 aromatic rings. The maximum Gasteiger partial charge on any atom is 0.415 e. The van der Waals surface area contributed by atoms with E-state index in [0.717, 1.165) is 12.3 Å². The predicted octanol–water partition coefficient (Wildman–Crippen LogP) is 1.20. The molecular formula is C7H5BF3N. The van der Waals surface area contributed by atoms with Gasteiger partial charge in [-0.2, -0.15) is 13.2 Å². The molecule has 0 N–H and O–H groups in total. The number of hydrogen-bond acceptors (Lipinski definition) is 1. The zero-order valence-electron chi connectivity index (χ0n) is 6.31. The second kappa shape index (κ2) is 2.81. The van der Waals surface area contributed by atoms with Crippen molar-refractivity contribution < 1.29 is 13.2 Å². The van der Waals surface area contributed by atoms with Crippen molar-refractivity contribution in [3.63, 3.8) is 0 Å². The highest BCUT2D eigenvalue weighted by atomic mass is 19.4. The molecule has 1 rings (SSSR count). The Kier molecular flexibility index (Phi) is 2.13. The Bertz CT molecular complexity index is 295. The fourth-order valence-electron chi connectivity index (χ4n) is 0.816. The van der Waals surface area contributed by atoms with E-state index in [1.807, 2.05) is 0 Å². The van der Waals surface area contributed by atoms with Gasteiger partial charge in [0.15, 0.2) is 0 Å². The van der Waals surface area contributed by atoms with Crippen LogP contribution < -0.4 is 5.46 Å². The van der Waals surface area contributed by atoms with Crippen LogP contribution in [-0.2, 0) is 6.18 Å². The molecule has 0 atom stereocenters. The lowest BCUT2D eigenvalue weighted by Gasteiger charge is -2.09. The van der Waals surface area contributed by atoms with Gasteiger partial charge in [-0.15, -0.1) is 0 Å². The molecule has 0 unspecified atom stereocenters. The van der Waals surface area contributed by atoms with Gasteiger partial charge in [0.1, 0.15) is 7.85 Å². The van der Waals surface area contributed by atoms with E-state index in [4.69, 9.17) is 7.85 Å². The summed E-state index contributed by atoms with van der Waals surface area (Å²) in [5.74, 6) is 0. The van der Waals surface area contributed by atoms with Crippen LogP contribution in [0.15, 0.2) is 12.3 Å². The van der Waals surface area contributed by atoms with E-state index in [0.29, 0.717) is 5.69 Å². The second-order valence-electron chi connectivity index (χ2n) is 2.41. The third-order valence-corrected chi connectivity index (χ3v) is 1.38. The SMILES string of the molecule is [B]c1cnc(C)cc1C(F)(F)F. The molecule has 0 saturated carbocycles. The summed E-state index contributed by atoms with van der Waals surface area (Å²) in [5, 5.41) is 0. The van der Waals surface area contributed by atoms with Crippen molar-refractivity contribution >= 4 is 13.3 Å². The molecule has 0 amide bonds. The fraction of sp³-hybridized carbons (Fsp3) is 0.286. The first-order valence-corrected chi connectivity index (χ1v) is 3.20. The third-order valence-electron chi connectivity index (χ3n) is 1.38. The van der Waals surface area contributed by atoms with Gasteiger partial charge in [0, 0.05) is 11.9 Å². The van der Waals surface area contributed by atoms with Gasteiger partial charge in [0.25, 0.3) is 0 Å². The molecule has 0 aliphatic carbocycles. The van der Waals surface area contributed by atoms with Gasteiger partial charge < -0.3 is 0 Å². The minimum atomic E-state index is -4.39. The average Bonchev–Trinajstić information content (AvgIpc) is 1.92. The number of nitrogens with zero attached hydrogens (tertiary/aromatic N) is 1. The Labute approximate surface area is 69.0 Å². The lowest BCUT2D eigenvalue weighted by atomic mass is 9.92. The van der Waals surface area contributed by atoms with Crippen LogP contribution in [0.3, 0.4) is 0 Å². The first-order chi connectivity index (χ1) is 5.41. The maximum atomic E-state index is 12.1. The van der Waals surface area contributed by atoms with Crippen LogP contribution in [0.25, 0.3) is 0 Å². The summed E-state index contributed by atoms with van der Waals surface area (Å²) in [6.07, 6.45) is -3.38. The highest BCUT2D eigenvalue weighted by molar-refractivity contribution is 6.33. The fourth-order valence-corrected chi connectivity index (χ4v) is 0.816. The molecule has 5 heteroatoms.